The van der Waals surface area contributed by atoms with Crippen molar-refractivity contribution in [3.63, 3.8) is 0 Å². The molecule has 1 aliphatic rings. The molecule has 50 valence electrons. The van der Waals surface area contributed by atoms with Gasteiger partial charge in [-0.25, -0.2) is 4.61 Å². The molecule has 1 unspecified atom stereocenters. The number of nitriles is 1. The van der Waals surface area contributed by atoms with Crippen molar-refractivity contribution >= 4 is 9.66 Å². The highest BCUT2D eigenvalue weighted by Gasteiger charge is 2.24. The van der Waals surface area contributed by atoms with E-state index in [1.54, 1.807) is 0 Å². The van der Waals surface area contributed by atoms with Gasteiger partial charge in [-0.1, -0.05) is 9.66 Å². The van der Waals surface area contributed by atoms with Crippen LogP contribution in [0.25, 0.3) is 0 Å². The van der Waals surface area contributed by atoms with Gasteiger partial charge >= 0.3 is 0 Å². The molecule has 2 nitrogen and oxygen atoms in total. The Balaban J connectivity index is 2.64. The van der Waals surface area contributed by atoms with Gasteiger partial charge in [0.05, 0.1) is 12.0 Å². The van der Waals surface area contributed by atoms with Crippen molar-refractivity contribution in [1.29, 1.82) is 9.87 Å². The molecule has 0 radical (unpaired) electrons. The van der Waals surface area contributed by atoms with Crippen LogP contribution in [0.2, 0.25) is 0 Å². The van der Waals surface area contributed by atoms with Gasteiger partial charge in [0.1, 0.15) is 0 Å². The summed E-state index contributed by atoms with van der Waals surface area (Å²) in [6.07, 6.45) is 2.78. The Kier molecular flexibility index (Phi) is 1.52. The van der Waals surface area contributed by atoms with Crippen molar-refractivity contribution in [2.75, 3.05) is 17.8 Å². The number of hydrogen-bond acceptors (Lipinski definition) is 2. The fraction of sp³-hybridized carbons (Fsp3) is 0.833. The van der Waals surface area contributed by atoms with Crippen molar-refractivity contribution in [2.45, 2.75) is 6.42 Å². The number of nitrogens with zero attached hydrogens (tertiary/aromatic N) is 2. The Morgan fingerprint density at radius 3 is 2.56 bits per heavy atom. The summed E-state index contributed by atoms with van der Waals surface area (Å²) in [6, 6.07) is 2.18. The van der Waals surface area contributed by atoms with Gasteiger partial charge in [-0.05, 0) is 12.7 Å². The maximum absolute atomic E-state index is 9.43. The Hall–Kier alpha value is -0.450. The molecule has 3 heteroatoms. The minimum atomic E-state index is -1.33. The predicted molar refractivity (Wildman–Crippen MR) is 38.7 cm³/mol. The van der Waals surface area contributed by atoms with Gasteiger partial charge in [0, 0.05) is 11.5 Å². The Morgan fingerprint density at radius 1 is 1.67 bits per heavy atom. The van der Waals surface area contributed by atoms with Gasteiger partial charge in [0.25, 0.3) is 0 Å². The lowest BCUT2D eigenvalue weighted by Crippen LogP contribution is -1.92. The lowest BCUT2D eigenvalue weighted by Gasteiger charge is -1.99. The van der Waals surface area contributed by atoms with Gasteiger partial charge < -0.3 is 0 Å². The molecule has 1 rings (SSSR count). The lowest BCUT2D eigenvalue weighted by atomic mass is 10.2. The average molecular weight is 142 g/mol. The summed E-state index contributed by atoms with van der Waals surface area (Å²) in [5, 5.41) is 8.45. The molecule has 0 saturated carbocycles. The van der Waals surface area contributed by atoms with Crippen LogP contribution in [-0.2, 0) is 0 Å². The summed E-state index contributed by atoms with van der Waals surface area (Å²) in [5.41, 5.74) is 0. The van der Waals surface area contributed by atoms with Crippen LogP contribution in [0, 0.1) is 21.9 Å². The molecule has 2 atom stereocenters. The highest BCUT2D eigenvalue weighted by atomic mass is 32.2. The minimum Gasteiger partial charge on any atom is -0.231 e. The average Bonchev–Trinajstić information content (AvgIpc) is 2.10. The lowest BCUT2D eigenvalue weighted by molar-refractivity contribution is 0.763. The second-order valence-electron chi connectivity index (χ2n) is 2.71. The van der Waals surface area contributed by atoms with E-state index in [0.717, 1.165) is 17.9 Å². The molecule has 0 bridgehead atoms. The maximum atomic E-state index is 9.43. The monoisotopic (exact) mass is 142 g/mol. The minimum absolute atomic E-state index is 0.134. The molecule has 0 aromatic rings. The van der Waals surface area contributed by atoms with Crippen molar-refractivity contribution in [2.24, 2.45) is 5.92 Å². The summed E-state index contributed by atoms with van der Waals surface area (Å²) < 4.78 is 9.43. The highest BCUT2D eigenvalue weighted by molar-refractivity contribution is 8.21. The fourth-order valence-corrected chi connectivity index (χ4v) is 3.17. The van der Waals surface area contributed by atoms with Crippen molar-refractivity contribution < 1.29 is 0 Å². The first-order valence-electron chi connectivity index (χ1n) is 3.00. The number of rotatable bonds is 0. The van der Waals surface area contributed by atoms with Crippen LogP contribution in [0.15, 0.2) is 0 Å². The van der Waals surface area contributed by atoms with E-state index < -0.39 is 9.66 Å². The van der Waals surface area contributed by atoms with E-state index in [4.69, 9.17) is 5.26 Å². The molecule has 9 heavy (non-hydrogen) atoms. The first-order chi connectivity index (χ1) is 4.14. The zero-order valence-electron chi connectivity index (χ0n) is 5.50. The van der Waals surface area contributed by atoms with Crippen molar-refractivity contribution in [1.82, 2.24) is 0 Å². The molecule has 1 saturated heterocycles. The maximum Gasteiger partial charge on any atom is 0.0665 e. The first-order valence-corrected chi connectivity index (χ1v) is 5.33. The molecule has 0 aliphatic carbocycles. The third-order valence-corrected chi connectivity index (χ3v) is 3.88. The summed E-state index contributed by atoms with van der Waals surface area (Å²) in [5.74, 6) is 1.74. The predicted octanol–water partition coefficient (Wildman–Crippen LogP) is 1.44. The molecule has 0 aromatic heterocycles. The largest absolute Gasteiger partial charge is 0.231 e. The second-order valence-corrected chi connectivity index (χ2v) is 5.89. The van der Waals surface area contributed by atoms with E-state index >= 15 is 0 Å². The Morgan fingerprint density at radius 2 is 2.33 bits per heavy atom. The zero-order valence-corrected chi connectivity index (χ0v) is 6.32. The van der Waals surface area contributed by atoms with E-state index in [1.807, 2.05) is 6.26 Å². The third kappa shape index (κ3) is 1.48. The molecular weight excluding hydrogens is 132 g/mol. The summed E-state index contributed by atoms with van der Waals surface area (Å²) in [7, 11) is -1.33. The van der Waals surface area contributed by atoms with E-state index in [-0.39, 0.29) is 5.92 Å². The van der Waals surface area contributed by atoms with Crippen LogP contribution >= 0.6 is 9.66 Å². The highest BCUT2D eigenvalue weighted by Crippen LogP contribution is 2.39. The van der Waals surface area contributed by atoms with Crippen molar-refractivity contribution in [3.8, 4) is 6.07 Å². The van der Waals surface area contributed by atoms with E-state index in [1.165, 1.54) is 0 Å². The van der Waals surface area contributed by atoms with Crippen LogP contribution in [-0.4, -0.2) is 17.8 Å². The first kappa shape index (κ1) is 6.67. The van der Waals surface area contributed by atoms with Crippen LogP contribution in [0.3, 0.4) is 0 Å². The summed E-state index contributed by atoms with van der Waals surface area (Å²) >= 11 is 0. The second kappa shape index (κ2) is 2.06. The standard InChI is InChI=1S/C6H10N2S/c1-9(8)3-2-6(4-7)5-9/h6H,2-3,5H2,1H3/t6-/m0/s1. The van der Waals surface area contributed by atoms with Gasteiger partial charge in [0.2, 0.25) is 0 Å². The molecule has 1 aliphatic heterocycles. The van der Waals surface area contributed by atoms with E-state index in [9.17, 15) is 4.61 Å². The van der Waals surface area contributed by atoms with Gasteiger partial charge in [-0.15, -0.1) is 0 Å². The Labute approximate surface area is 56.4 Å². The fourth-order valence-electron chi connectivity index (χ4n) is 1.10. The third-order valence-electron chi connectivity index (χ3n) is 1.65. The van der Waals surface area contributed by atoms with Gasteiger partial charge in [-0.2, -0.15) is 5.26 Å². The molecule has 1 fully saturated rings. The molecular formula is C6H10N2S. The summed E-state index contributed by atoms with van der Waals surface area (Å²) in [4.78, 5) is 0. The van der Waals surface area contributed by atoms with Crippen LogP contribution in [0.4, 0.5) is 0 Å². The zero-order chi connectivity index (χ0) is 6.91. The summed E-state index contributed by atoms with van der Waals surface area (Å²) in [6.45, 7) is 0. The smallest absolute Gasteiger partial charge is 0.0665 e. The molecule has 0 amide bonds. The Bertz CT molecular complexity index is 239. The molecule has 1 heterocycles. The van der Waals surface area contributed by atoms with Gasteiger partial charge in [0.15, 0.2) is 0 Å². The molecule has 0 N–H and O–H groups in total. The van der Waals surface area contributed by atoms with Crippen LogP contribution < -0.4 is 0 Å². The molecule has 0 spiro atoms. The number of hydrogen-bond donors (Lipinski definition) is 0. The SMILES string of the molecule is CS1(#N)CC[C@@H](C#N)C1. The van der Waals surface area contributed by atoms with Crippen molar-refractivity contribution in [3.05, 3.63) is 0 Å². The normalized spacial score (nSPS) is 42.3. The molecule has 0 aromatic carbocycles. The van der Waals surface area contributed by atoms with E-state index in [2.05, 4.69) is 6.07 Å². The van der Waals surface area contributed by atoms with Gasteiger partial charge in [-0.3, -0.25) is 0 Å². The van der Waals surface area contributed by atoms with Crippen LogP contribution in [0.1, 0.15) is 6.42 Å². The quantitative estimate of drug-likeness (QED) is 0.514. The topological polar surface area (TPSA) is 47.6 Å². The van der Waals surface area contributed by atoms with E-state index in [0.29, 0.717) is 0 Å². The van der Waals surface area contributed by atoms with Crippen LogP contribution in [0.5, 0.6) is 0 Å².